The Labute approximate surface area is 135 Å². The Morgan fingerprint density at radius 1 is 1.00 bits per heavy atom. The van der Waals surface area contributed by atoms with E-state index >= 15 is 0 Å². The summed E-state index contributed by atoms with van der Waals surface area (Å²) in [6.07, 6.45) is 1.85. The van der Waals surface area contributed by atoms with Gasteiger partial charge in [-0.2, -0.15) is 0 Å². The van der Waals surface area contributed by atoms with Crippen molar-refractivity contribution in [3.63, 3.8) is 0 Å². The number of hydrogen-bond acceptors (Lipinski definition) is 4. The second-order valence-corrected chi connectivity index (χ2v) is 6.05. The predicted octanol–water partition coefficient (Wildman–Crippen LogP) is 3.10. The molecule has 4 heteroatoms. The second-order valence-electron chi connectivity index (χ2n) is 6.05. The van der Waals surface area contributed by atoms with E-state index in [9.17, 15) is 0 Å². The van der Waals surface area contributed by atoms with Crippen molar-refractivity contribution in [3.05, 3.63) is 66.0 Å². The molecule has 0 aliphatic heterocycles. The summed E-state index contributed by atoms with van der Waals surface area (Å²) in [5, 5.41) is 4.69. The second kappa shape index (κ2) is 5.97. The van der Waals surface area contributed by atoms with Crippen LogP contribution in [0.25, 0.3) is 10.9 Å². The molecule has 0 bridgehead atoms. The number of aromatic nitrogens is 2. The van der Waals surface area contributed by atoms with Crippen LogP contribution < -0.4 is 11.1 Å². The number of nitrogens with one attached hydrogen (secondary N) is 1. The lowest BCUT2D eigenvalue weighted by molar-refractivity contribution is 0.876. The van der Waals surface area contributed by atoms with E-state index in [4.69, 9.17) is 10.7 Å². The standard InChI is InChI=1S/C19H20N4/c20-11-10-18-21-16-9-5-4-8-14(16)19(23-18)22-17-12-15(17)13-6-2-1-3-7-13/h1-9,15,17H,10-12,20H2,(H,21,22,23)/t15-,17+/m0/s1. The van der Waals surface area contributed by atoms with Gasteiger partial charge in [0.25, 0.3) is 0 Å². The fraction of sp³-hybridized carbons (Fsp3) is 0.263. The number of nitrogens with zero attached hydrogens (tertiary/aromatic N) is 2. The average molecular weight is 304 g/mol. The Morgan fingerprint density at radius 3 is 2.61 bits per heavy atom. The van der Waals surface area contributed by atoms with E-state index in [2.05, 4.69) is 46.7 Å². The highest BCUT2D eigenvalue weighted by molar-refractivity contribution is 5.89. The maximum atomic E-state index is 5.67. The number of rotatable bonds is 5. The molecule has 0 saturated heterocycles. The fourth-order valence-corrected chi connectivity index (χ4v) is 3.07. The Kier molecular flexibility index (Phi) is 3.67. The van der Waals surface area contributed by atoms with E-state index < -0.39 is 0 Å². The molecule has 0 spiro atoms. The Morgan fingerprint density at radius 2 is 1.78 bits per heavy atom. The van der Waals surface area contributed by atoms with Gasteiger partial charge < -0.3 is 11.1 Å². The summed E-state index contributed by atoms with van der Waals surface area (Å²) in [7, 11) is 0. The van der Waals surface area contributed by atoms with Gasteiger partial charge in [0.15, 0.2) is 0 Å². The van der Waals surface area contributed by atoms with Crippen LogP contribution in [0.4, 0.5) is 5.82 Å². The molecular weight excluding hydrogens is 284 g/mol. The quantitative estimate of drug-likeness (QED) is 0.760. The number of hydrogen-bond donors (Lipinski definition) is 2. The third kappa shape index (κ3) is 2.90. The molecule has 1 aliphatic rings. The molecule has 4 rings (SSSR count). The van der Waals surface area contributed by atoms with Crippen molar-refractivity contribution in [3.8, 4) is 0 Å². The first-order chi connectivity index (χ1) is 11.3. The summed E-state index contributed by atoms with van der Waals surface area (Å²) < 4.78 is 0. The lowest BCUT2D eigenvalue weighted by atomic mass is 10.1. The zero-order valence-electron chi connectivity index (χ0n) is 12.9. The molecule has 116 valence electrons. The van der Waals surface area contributed by atoms with Crippen LogP contribution in [0.5, 0.6) is 0 Å². The van der Waals surface area contributed by atoms with E-state index in [0.29, 0.717) is 24.9 Å². The van der Waals surface area contributed by atoms with Crippen molar-refractivity contribution in [2.75, 3.05) is 11.9 Å². The molecule has 0 amide bonds. The minimum absolute atomic E-state index is 0.446. The topological polar surface area (TPSA) is 63.8 Å². The number of benzene rings is 2. The average Bonchev–Trinajstić information content (AvgIpc) is 3.35. The van der Waals surface area contributed by atoms with Gasteiger partial charge >= 0.3 is 0 Å². The van der Waals surface area contributed by atoms with Gasteiger partial charge in [0, 0.05) is 23.8 Å². The van der Waals surface area contributed by atoms with Gasteiger partial charge in [-0.15, -0.1) is 0 Å². The van der Waals surface area contributed by atoms with Crippen molar-refractivity contribution in [1.82, 2.24) is 9.97 Å². The molecule has 23 heavy (non-hydrogen) atoms. The van der Waals surface area contributed by atoms with Gasteiger partial charge in [-0.25, -0.2) is 9.97 Å². The molecule has 2 aromatic carbocycles. The minimum atomic E-state index is 0.446. The van der Waals surface area contributed by atoms with E-state index in [-0.39, 0.29) is 0 Å². The van der Waals surface area contributed by atoms with Crippen molar-refractivity contribution >= 4 is 16.7 Å². The third-order valence-electron chi connectivity index (χ3n) is 4.36. The summed E-state index contributed by atoms with van der Waals surface area (Å²) in [6.45, 7) is 0.563. The van der Waals surface area contributed by atoms with Gasteiger partial charge in [0.05, 0.1) is 5.52 Å². The van der Waals surface area contributed by atoms with E-state index in [1.165, 1.54) is 5.56 Å². The third-order valence-corrected chi connectivity index (χ3v) is 4.36. The molecule has 1 fully saturated rings. The number of fused-ring (bicyclic) bond motifs is 1. The molecule has 0 unspecified atom stereocenters. The van der Waals surface area contributed by atoms with Gasteiger partial charge in [-0.3, -0.25) is 0 Å². The Hall–Kier alpha value is -2.46. The van der Waals surface area contributed by atoms with E-state index in [1.807, 2.05) is 18.2 Å². The highest BCUT2D eigenvalue weighted by atomic mass is 15.1. The van der Waals surface area contributed by atoms with Crippen LogP contribution in [-0.2, 0) is 6.42 Å². The summed E-state index contributed by atoms with van der Waals surface area (Å²) in [5.74, 6) is 2.32. The highest BCUT2D eigenvalue weighted by Crippen LogP contribution is 2.43. The first kappa shape index (κ1) is 14.2. The maximum Gasteiger partial charge on any atom is 0.137 e. The summed E-state index contributed by atoms with van der Waals surface area (Å²) in [5.41, 5.74) is 8.04. The molecule has 1 aliphatic carbocycles. The van der Waals surface area contributed by atoms with Gasteiger partial charge in [-0.05, 0) is 30.7 Å². The monoisotopic (exact) mass is 304 g/mol. The minimum Gasteiger partial charge on any atom is -0.366 e. The Bertz CT molecular complexity index is 816. The zero-order chi connectivity index (χ0) is 15.6. The predicted molar refractivity (Wildman–Crippen MR) is 93.5 cm³/mol. The van der Waals surface area contributed by atoms with E-state index in [1.54, 1.807) is 0 Å². The molecular formula is C19H20N4. The van der Waals surface area contributed by atoms with Gasteiger partial charge in [0.1, 0.15) is 11.6 Å². The molecule has 4 nitrogen and oxygen atoms in total. The maximum absolute atomic E-state index is 5.67. The molecule has 1 saturated carbocycles. The van der Waals surface area contributed by atoms with Crippen LogP contribution in [0.3, 0.4) is 0 Å². The Balaban J connectivity index is 1.61. The van der Waals surface area contributed by atoms with Crippen molar-refractivity contribution in [2.24, 2.45) is 5.73 Å². The van der Waals surface area contributed by atoms with Crippen LogP contribution in [0.2, 0.25) is 0 Å². The SMILES string of the molecule is NCCc1nc(N[C@@H]2C[C@H]2c2ccccc2)c2ccccc2n1. The smallest absolute Gasteiger partial charge is 0.137 e. The molecule has 2 atom stereocenters. The van der Waals surface area contributed by atoms with E-state index in [0.717, 1.165) is 29.0 Å². The van der Waals surface area contributed by atoms with Gasteiger partial charge in [0.2, 0.25) is 0 Å². The number of anilines is 1. The molecule has 1 aromatic heterocycles. The first-order valence-corrected chi connectivity index (χ1v) is 8.12. The van der Waals surface area contributed by atoms with Gasteiger partial charge in [-0.1, -0.05) is 42.5 Å². The molecule has 0 radical (unpaired) electrons. The van der Waals surface area contributed by atoms with Crippen LogP contribution in [0.1, 0.15) is 23.7 Å². The number of para-hydroxylation sites is 1. The summed E-state index contributed by atoms with van der Waals surface area (Å²) in [4.78, 5) is 9.30. The van der Waals surface area contributed by atoms with Crippen molar-refractivity contribution in [2.45, 2.75) is 24.8 Å². The van der Waals surface area contributed by atoms with Crippen LogP contribution >= 0.6 is 0 Å². The zero-order valence-corrected chi connectivity index (χ0v) is 12.9. The largest absolute Gasteiger partial charge is 0.366 e. The van der Waals surface area contributed by atoms with Crippen LogP contribution in [-0.4, -0.2) is 22.6 Å². The normalized spacial score (nSPS) is 19.7. The number of nitrogens with two attached hydrogens (primary N) is 1. The summed E-state index contributed by atoms with van der Waals surface area (Å²) >= 11 is 0. The first-order valence-electron chi connectivity index (χ1n) is 8.12. The molecule has 1 heterocycles. The highest BCUT2D eigenvalue weighted by Gasteiger charge is 2.38. The fourth-order valence-electron chi connectivity index (χ4n) is 3.07. The lowest BCUT2D eigenvalue weighted by Gasteiger charge is -2.10. The lowest BCUT2D eigenvalue weighted by Crippen LogP contribution is -2.11. The van der Waals surface area contributed by atoms with Crippen LogP contribution in [0, 0.1) is 0 Å². The molecule has 3 N–H and O–H groups in total. The van der Waals surface area contributed by atoms with Crippen molar-refractivity contribution < 1.29 is 0 Å². The molecule has 3 aromatic rings. The summed E-state index contributed by atoms with van der Waals surface area (Å²) in [6, 6.07) is 19.2. The van der Waals surface area contributed by atoms with Crippen LogP contribution in [0.15, 0.2) is 54.6 Å². The van der Waals surface area contributed by atoms with Crippen molar-refractivity contribution in [1.29, 1.82) is 0 Å².